The molecular formula is C9H15N3O4. The molecule has 0 aromatic heterocycles. The van der Waals surface area contributed by atoms with Gasteiger partial charge in [-0.1, -0.05) is 0 Å². The molecule has 0 aliphatic carbocycles. The van der Waals surface area contributed by atoms with Gasteiger partial charge in [0.1, 0.15) is 5.84 Å². The van der Waals surface area contributed by atoms with Gasteiger partial charge in [-0.05, 0) is 13.3 Å². The Morgan fingerprint density at radius 3 is 2.94 bits per heavy atom. The van der Waals surface area contributed by atoms with E-state index in [1.54, 1.807) is 6.92 Å². The first-order valence-corrected chi connectivity index (χ1v) is 5.03. The van der Waals surface area contributed by atoms with Crippen LogP contribution in [0.3, 0.4) is 0 Å². The van der Waals surface area contributed by atoms with Crippen molar-refractivity contribution in [3.63, 3.8) is 0 Å². The van der Waals surface area contributed by atoms with E-state index in [0.717, 1.165) is 6.42 Å². The Kier molecular flexibility index (Phi) is 4.56. The number of carbonyl (C=O) groups is 2. The number of rotatable bonds is 2. The van der Waals surface area contributed by atoms with Crippen molar-refractivity contribution in [1.29, 1.82) is 0 Å². The summed E-state index contributed by atoms with van der Waals surface area (Å²) >= 11 is 0. The van der Waals surface area contributed by atoms with Gasteiger partial charge in [-0.3, -0.25) is 4.90 Å². The molecule has 1 N–H and O–H groups in total. The molecule has 0 radical (unpaired) electrons. The minimum Gasteiger partial charge on any atom is -0.452 e. The lowest BCUT2D eigenvalue weighted by Crippen LogP contribution is -2.34. The zero-order valence-corrected chi connectivity index (χ0v) is 9.36. The number of hydrazone groups is 1. The van der Waals surface area contributed by atoms with Crippen LogP contribution in [0.1, 0.15) is 19.8 Å². The summed E-state index contributed by atoms with van der Waals surface area (Å²) in [5.41, 5.74) is 2.21. The zero-order chi connectivity index (χ0) is 12.0. The van der Waals surface area contributed by atoms with Gasteiger partial charge in [0.2, 0.25) is 0 Å². The highest BCUT2D eigenvalue weighted by atomic mass is 16.6. The van der Waals surface area contributed by atoms with E-state index in [1.807, 2.05) is 0 Å². The Balaban J connectivity index is 2.54. The minimum atomic E-state index is -0.633. The first-order valence-electron chi connectivity index (χ1n) is 5.03. The highest BCUT2D eigenvalue weighted by Gasteiger charge is 2.25. The monoisotopic (exact) mass is 229 g/mol. The van der Waals surface area contributed by atoms with Crippen LogP contribution in [0.2, 0.25) is 0 Å². The standard InChI is InChI=1S/C9H15N3O4/c1-3-16-8(13)11-10-7-5-4-6-12(7)9(14)15-2/h3-6H2,1-2H3,(H,11,13)/b10-7+. The van der Waals surface area contributed by atoms with Gasteiger partial charge in [0, 0.05) is 13.0 Å². The summed E-state index contributed by atoms with van der Waals surface area (Å²) < 4.78 is 9.21. The molecule has 0 atom stereocenters. The van der Waals surface area contributed by atoms with E-state index < -0.39 is 12.2 Å². The van der Waals surface area contributed by atoms with Crippen LogP contribution in [0.5, 0.6) is 0 Å². The highest BCUT2D eigenvalue weighted by molar-refractivity contribution is 5.97. The third kappa shape index (κ3) is 3.11. The summed E-state index contributed by atoms with van der Waals surface area (Å²) in [4.78, 5) is 23.6. The fraction of sp³-hybridized carbons (Fsp3) is 0.667. The molecule has 7 nitrogen and oxygen atoms in total. The minimum absolute atomic E-state index is 0.275. The molecular weight excluding hydrogens is 214 g/mol. The molecule has 0 aromatic rings. The largest absolute Gasteiger partial charge is 0.452 e. The normalized spacial score (nSPS) is 17.4. The molecule has 0 saturated carbocycles. The molecule has 90 valence electrons. The lowest BCUT2D eigenvalue weighted by molar-refractivity contribution is 0.146. The molecule has 0 spiro atoms. The fourth-order valence-electron chi connectivity index (χ4n) is 1.36. The molecule has 7 heteroatoms. The Morgan fingerprint density at radius 1 is 1.56 bits per heavy atom. The van der Waals surface area contributed by atoms with Crippen LogP contribution in [0.4, 0.5) is 9.59 Å². The van der Waals surface area contributed by atoms with Crippen LogP contribution in [0.15, 0.2) is 5.10 Å². The molecule has 2 amide bonds. The number of hydrogen-bond acceptors (Lipinski definition) is 5. The number of hydrogen-bond donors (Lipinski definition) is 1. The number of amides is 2. The summed E-state index contributed by atoms with van der Waals surface area (Å²) in [5.74, 6) is 0.486. The predicted molar refractivity (Wildman–Crippen MR) is 55.9 cm³/mol. The van der Waals surface area contributed by atoms with E-state index >= 15 is 0 Å². The topological polar surface area (TPSA) is 80.2 Å². The summed E-state index contributed by atoms with van der Waals surface area (Å²) in [7, 11) is 1.30. The van der Waals surface area contributed by atoms with E-state index in [-0.39, 0.29) is 6.61 Å². The highest BCUT2D eigenvalue weighted by Crippen LogP contribution is 2.12. The van der Waals surface area contributed by atoms with Crippen molar-refractivity contribution in [2.75, 3.05) is 20.3 Å². The third-order valence-corrected chi connectivity index (χ3v) is 2.04. The van der Waals surface area contributed by atoms with Crippen molar-refractivity contribution in [3.8, 4) is 0 Å². The summed E-state index contributed by atoms with van der Waals surface area (Å²) in [6.07, 6.45) is 0.327. The molecule has 0 aromatic carbocycles. The quantitative estimate of drug-likeness (QED) is 0.713. The molecule has 0 bridgehead atoms. The maximum Gasteiger partial charge on any atom is 0.427 e. The average Bonchev–Trinajstić information content (AvgIpc) is 2.74. The van der Waals surface area contributed by atoms with Gasteiger partial charge in [-0.2, -0.15) is 5.10 Å². The number of methoxy groups -OCH3 is 1. The van der Waals surface area contributed by atoms with Gasteiger partial charge in [0.05, 0.1) is 13.7 Å². The summed E-state index contributed by atoms with van der Waals surface area (Å²) in [6.45, 7) is 2.52. The SMILES string of the molecule is CCOC(=O)N/N=C1\CCCN1C(=O)OC. The lowest BCUT2D eigenvalue weighted by atomic mass is 10.4. The Bertz CT molecular complexity index is 303. The van der Waals surface area contributed by atoms with Gasteiger partial charge < -0.3 is 9.47 Å². The van der Waals surface area contributed by atoms with E-state index in [4.69, 9.17) is 0 Å². The number of carbonyl (C=O) groups excluding carboxylic acids is 2. The first-order chi connectivity index (χ1) is 7.69. The van der Waals surface area contributed by atoms with Gasteiger partial charge >= 0.3 is 12.2 Å². The van der Waals surface area contributed by atoms with Crippen LogP contribution in [-0.2, 0) is 9.47 Å². The van der Waals surface area contributed by atoms with Crippen LogP contribution in [0, 0.1) is 0 Å². The predicted octanol–water partition coefficient (Wildman–Crippen LogP) is 0.908. The van der Waals surface area contributed by atoms with Crippen molar-refractivity contribution in [3.05, 3.63) is 0 Å². The van der Waals surface area contributed by atoms with Crippen molar-refractivity contribution in [2.45, 2.75) is 19.8 Å². The third-order valence-electron chi connectivity index (χ3n) is 2.04. The van der Waals surface area contributed by atoms with Gasteiger partial charge in [0.15, 0.2) is 0 Å². The molecule has 16 heavy (non-hydrogen) atoms. The number of amidine groups is 1. The molecule has 1 fully saturated rings. The molecule has 1 heterocycles. The van der Waals surface area contributed by atoms with Gasteiger partial charge in [0.25, 0.3) is 0 Å². The van der Waals surface area contributed by atoms with Crippen LogP contribution in [-0.4, -0.2) is 43.2 Å². The van der Waals surface area contributed by atoms with E-state index in [1.165, 1.54) is 12.0 Å². The maximum absolute atomic E-state index is 11.3. The van der Waals surface area contributed by atoms with E-state index in [0.29, 0.717) is 18.8 Å². The second-order valence-electron chi connectivity index (χ2n) is 3.09. The first kappa shape index (κ1) is 12.3. The molecule has 0 unspecified atom stereocenters. The molecule has 1 aliphatic rings. The van der Waals surface area contributed by atoms with Crippen molar-refractivity contribution in [2.24, 2.45) is 5.10 Å². The average molecular weight is 229 g/mol. The van der Waals surface area contributed by atoms with Gasteiger partial charge in [-0.25, -0.2) is 15.0 Å². The lowest BCUT2D eigenvalue weighted by Gasteiger charge is -2.14. The smallest absolute Gasteiger partial charge is 0.427 e. The van der Waals surface area contributed by atoms with Crippen molar-refractivity contribution < 1.29 is 19.1 Å². The Hall–Kier alpha value is -1.79. The number of ether oxygens (including phenoxy) is 2. The van der Waals surface area contributed by atoms with Crippen molar-refractivity contribution >= 4 is 18.0 Å². The molecule has 1 rings (SSSR count). The Morgan fingerprint density at radius 2 is 2.31 bits per heavy atom. The van der Waals surface area contributed by atoms with E-state index in [2.05, 4.69) is 20.0 Å². The summed E-state index contributed by atoms with van der Waals surface area (Å²) in [6, 6.07) is 0. The number of nitrogens with one attached hydrogen (secondary N) is 1. The molecule has 1 aliphatic heterocycles. The van der Waals surface area contributed by atoms with E-state index in [9.17, 15) is 9.59 Å². The van der Waals surface area contributed by atoms with Crippen LogP contribution in [0.25, 0.3) is 0 Å². The Labute approximate surface area is 93.4 Å². The second kappa shape index (κ2) is 5.94. The van der Waals surface area contributed by atoms with Crippen LogP contribution >= 0.6 is 0 Å². The number of likely N-dealkylation sites (tertiary alicyclic amines) is 1. The second-order valence-corrected chi connectivity index (χ2v) is 3.09. The number of nitrogens with zero attached hydrogens (tertiary/aromatic N) is 2. The fourth-order valence-corrected chi connectivity index (χ4v) is 1.36. The van der Waals surface area contributed by atoms with Crippen molar-refractivity contribution in [1.82, 2.24) is 10.3 Å². The maximum atomic E-state index is 11.3. The zero-order valence-electron chi connectivity index (χ0n) is 9.36. The van der Waals surface area contributed by atoms with Gasteiger partial charge in [-0.15, -0.1) is 0 Å². The molecule has 1 saturated heterocycles. The van der Waals surface area contributed by atoms with Crippen LogP contribution < -0.4 is 5.43 Å². The summed E-state index contributed by atoms with van der Waals surface area (Å²) in [5, 5.41) is 3.81.